The molecule has 0 saturated carbocycles. The van der Waals surface area contributed by atoms with E-state index in [9.17, 15) is 9.18 Å². The quantitative estimate of drug-likeness (QED) is 0.933. The Hall–Kier alpha value is -2.31. The van der Waals surface area contributed by atoms with Gasteiger partial charge in [-0.3, -0.25) is 9.36 Å². The zero-order valence-electron chi connectivity index (χ0n) is 12.6. The first-order valence-corrected chi connectivity index (χ1v) is 6.66. The van der Waals surface area contributed by atoms with Gasteiger partial charge in [-0.15, -0.1) is 0 Å². The van der Waals surface area contributed by atoms with Crippen molar-refractivity contribution in [1.82, 2.24) is 14.5 Å². The molecule has 7 heteroatoms. The molecule has 1 atom stereocenters. The van der Waals surface area contributed by atoms with Crippen molar-refractivity contribution >= 4 is 22.9 Å². The number of amides is 1. The summed E-state index contributed by atoms with van der Waals surface area (Å²) in [4.78, 5) is 18.0. The Labute approximate surface area is 122 Å². The summed E-state index contributed by atoms with van der Waals surface area (Å²) in [6, 6.07) is 2.22. The van der Waals surface area contributed by atoms with Gasteiger partial charge in [0.25, 0.3) is 0 Å². The van der Waals surface area contributed by atoms with Crippen LogP contribution >= 0.6 is 0 Å². The summed E-state index contributed by atoms with van der Waals surface area (Å²) < 4.78 is 20.3. The van der Waals surface area contributed by atoms with Crippen molar-refractivity contribution in [3.8, 4) is 5.75 Å². The number of benzene rings is 1. The SMILES string of the molecule is CCN(C)C(=O)C(C)n1c(N)nc2cc(F)c(OC)cc21. The number of hydrogen-bond acceptors (Lipinski definition) is 4. The summed E-state index contributed by atoms with van der Waals surface area (Å²) in [7, 11) is 3.10. The van der Waals surface area contributed by atoms with Gasteiger partial charge in [-0.1, -0.05) is 0 Å². The van der Waals surface area contributed by atoms with Crippen LogP contribution in [-0.4, -0.2) is 41.1 Å². The summed E-state index contributed by atoms with van der Waals surface area (Å²) in [6.45, 7) is 4.22. The Bertz CT molecular complexity index is 683. The summed E-state index contributed by atoms with van der Waals surface area (Å²) >= 11 is 0. The third-order valence-corrected chi connectivity index (χ3v) is 3.59. The average molecular weight is 294 g/mol. The Balaban J connectivity index is 2.57. The van der Waals surface area contributed by atoms with Crippen LogP contribution in [0, 0.1) is 5.82 Å². The number of carbonyl (C=O) groups is 1. The molecule has 1 heterocycles. The van der Waals surface area contributed by atoms with E-state index in [1.165, 1.54) is 19.2 Å². The number of carbonyl (C=O) groups excluding carboxylic acids is 1. The third-order valence-electron chi connectivity index (χ3n) is 3.59. The lowest BCUT2D eigenvalue weighted by Gasteiger charge is -2.22. The Morgan fingerprint density at radius 1 is 1.57 bits per heavy atom. The fraction of sp³-hybridized carbons (Fsp3) is 0.429. The predicted molar refractivity (Wildman–Crippen MR) is 78.7 cm³/mol. The minimum absolute atomic E-state index is 0.0899. The molecule has 0 spiro atoms. The Morgan fingerprint density at radius 2 is 2.24 bits per heavy atom. The number of methoxy groups -OCH3 is 1. The molecular weight excluding hydrogens is 275 g/mol. The predicted octanol–water partition coefficient (Wildman–Crippen LogP) is 1.81. The highest BCUT2D eigenvalue weighted by molar-refractivity contribution is 5.86. The zero-order chi connectivity index (χ0) is 15.7. The first-order chi connectivity index (χ1) is 9.90. The third kappa shape index (κ3) is 2.51. The van der Waals surface area contributed by atoms with Crippen LogP contribution in [0.1, 0.15) is 19.9 Å². The van der Waals surface area contributed by atoms with Gasteiger partial charge >= 0.3 is 0 Å². The average Bonchev–Trinajstić information content (AvgIpc) is 2.78. The monoisotopic (exact) mass is 294 g/mol. The molecule has 21 heavy (non-hydrogen) atoms. The molecule has 1 aromatic carbocycles. The molecule has 0 bridgehead atoms. The van der Waals surface area contributed by atoms with Crippen LogP contribution in [0.25, 0.3) is 11.0 Å². The molecule has 2 aromatic rings. The normalized spacial score (nSPS) is 12.4. The van der Waals surface area contributed by atoms with E-state index in [1.54, 1.807) is 23.4 Å². The number of hydrogen-bond donors (Lipinski definition) is 1. The highest BCUT2D eigenvalue weighted by Gasteiger charge is 2.23. The molecule has 2 N–H and O–H groups in total. The maximum atomic E-state index is 13.7. The van der Waals surface area contributed by atoms with Crippen LogP contribution in [0.5, 0.6) is 5.75 Å². The summed E-state index contributed by atoms with van der Waals surface area (Å²) in [5.74, 6) is -0.346. The molecule has 1 unspecified atom stereocenters. The smallest absolute Gasteiger partial charge is 0.245 e. The minimum Gasteiger partial charge on any atom is -0.494 e. The topological polar surface area (TPSA) is 73.4 Å². The van der Waals surface area contributed by atoms with E-state index in [1.807, 2.05) is 6.92 Å². The van der Waals surface area contributed by atoms with E-state index in [0.717, 1.165) is 0 Å². The van der Waals surface area contributed by atoms with Crippen LogP contribution in [0.15, 0.2) is 12.1 Å². The van der Waals surface area contributed by atoms with E-state index in [0.29, 0.717) is 17.6 Å². The van der Waals surface area contributed by atoms with Crippen LogP contribution in [0.3, 0.4) is 0 Å². The second-order valence-corrected chi connectivity index (χ2v) is 4.84. The van der Waals surface area contributed by atoms with Gasteiger partial charge in [0.1, 0.15) is 6.04 Å². The highest BCUT2D eigenvalue weighted by atomic mass is 19.1. The van der Waals surface area contributed by atoms with Crippen molar-refractivity contribution in [2.45, 2.75) is 19.9 Å². The fourth-order valence-corrected chi connectivity index (χ4v) is 2.26. The molecule has 0 saturated heterocycles. The van der Waals surface area contributed by atoms with Crippen LogP contribution < -0.4 is 10.5 Å². The highest BCUT2D eigenvalue weighted by Crippen LogP contribution is 2.29. The van der Waals surface area contributed by atoms with Crippen LogP contribution in [0.2, 0.25) is 0 Å². The molecule has 0 aliphatic heterocycles. The number of nitrogens with two attached hydrogens (primary N) is 1. The number of ether oxygens (including phenoxy) is 1. The van der Waals surface area contributed by atoms with E-state index in [2.05, 4.69) is 4.98 Å². The van der Waals surface area contributed by atoms with Gasteiger partial charge in [0, 0.05) is 25.7 Å². The summed E-state index contributed by atoms with van der Waals surface area (Å²) in [6.07, 6.45) is 0. The van der Waals surface area contributed by atoms with Crippen molar-refractivity contribution in [1.29, 1.82) is 0 Å². The number of imidazole rings is 1. The second kappa shape index (κ2) is 5.59. The number of fused-ring (bicyclic) bond motifs is 1. The first kappa shape index (κ1) is 15.1. The van der Waals surface area contributed by atoms with E-state index in [4.69, 9.17) is 10.5 Å². The maximum absolute atomic E-state index is 13.7. The largest absolute Gasteiger partial charge is 0.494 e. The molecule has 0 aliphatic carbocycles. The van der Waals surface area contributed by atoms with Gasteiger partial charge in [0.05, 0.1) is 18.1 Å². The standard InChI is InChI=1S/C14H19FN4O2/c1-5-18(3)13(20)8(2)19-11-7-12(21-4)9(15)6-10(11)17-14(19)16/h6-8H,5H2,1-4H3,(H2,16,17). The zero-order valence-corrected chi connectivity index (χ0v) is 12.6. The molecule has 2 rings (SSSR count). The number of aromatic nitrogens is 2. The fourth-order valence-electron chi connectivity index (χ4n) is 2.26. The molecule has 0 fully saturated rings. The van der Waals surface area contributed by atoms with Gasteiger partial charge in [-0.25, -0.2) is 9.37 Å². The number of halogens is 1. The van der Waals surface area contributed by atoms with Crippen molar-refractivity contribution in [3.63, 3.8) is 0 Å². The lowest BCUT2D eigenvalue weighted by atomic mass is 10.2. The van der Waals surface area contributed by atoms with Gasteiger partial charge in [0.15, 0.2) is 11.6 Å². The van der Waals surface area contributed by atoms with E-state index >= 15 is 0 Å². The van der Waals surface area contributed by atoms with Crippen molar-refractivity contribution in [2.24, 2.45) is 0 Å². The van der Waals surface area contributed by atoms with Gasteiger partial charge < -0.3 is 15.4 Å². The number of likely N-dealkylation sites (N-methyl/N-ethyl adjacent to an activating group) is 1. The van der Waals surface area contributed by atoms with Gasteiger partial charge in [-0.05, 0) is 13.8 Å². The van der Waals surface area contributed by atoms with Crippen molar-refractivity contribution in [2.75, 3.05) is 26.4 Å². The first-order valence-electron chi connectivity index (χ1n) is 6.66. The maximum Gasteiger partial charge on any atom is 0.245 e. The lowest BCUT2D eigenvalue weighted by molar-refractivity contribution is -0.132. The van der Waals surface area contributed by atoms with Gasteiger partial charge in [-0.2, -0.15) is 0 Å². The molecule has 1 amide bonds. The summed E-state index contributed by atoms with van der Waals surface area (Å²) in [5, 5.41) is 0. The van der Waals surface area contributed by atoms with E-state index in [-0.39, 0.29) is 17.6 Å². The Morgan fingerprint density at radius 3 is 2.81 bits per heavy atom. The van der Waals surface area contributed by atoms with Crippen LogP contribution in [-0.2, 0) is 4.79 Å². The molecule has 1 aromatic heterocycles. The molecule has 114 valence electrons. The van der Waals surface area contributed by atoms with Gasteiger partial charge in [0.2, 0.25) is 11.9 Å². The lowest BCUT2D eigenvalue weighted by Crippen LogP contribution is -2.33. The van der Waals surface area contributed by atoms with Crippen molar-refractivity contribution < 1.29 is 13.9 Å². The molecular formula is C14H19FN4O2. The molecule has 0 aliphatic rings. The number of rotatable bonds is 4. The molecule has 6 nitrogen and oxygen atoms in total. The van der Waals surface area contributed by atoms with E-state index < -0.39 is 11.9 Å². The second-order valence-electron chi connectivity index (χ2n) is 4.84. The Kier molecular flexibility index (Phi) is 4.02. The number of nitrogens with zero attached hydrogens (tertiary/aromatic N) is 3. The number of anilines is 1. The van der Waals surface area contributed by atoms with Crippen molar-refractivity contribution in [3.05, 3.63) is 17.9 Å². The van der Waals surface area contributed by atoms with Crippen LogP contribution in [0.4, 0.5) is 10.3 Å². The number of nitrogen functional groups attached to an aromatic ring is 1. The summed E-state index contributed by atoms with van der Waals surface area (Å²) in [5.41, 5.74) is 6.85. The minimum atomic E-state index is -0.532. The molecule has 0 radical (unpaired) electrons.